The molecule has 0 atom stereocenters. The number of nitrogens with zero attached hydrogens (tertiary/aromatic N) is 2. The molecule has 0 bridgehead atoms. The van der Waals surface area contributed by atoms with E-state index in [0.717, 1.165) is 18.4 Å². The van der Waals surface area contributed by atoms with Crippen LogP contribution in [0.4, 0.5) is 4.39 Å². The van der Waals surface area contributed by atoms with Crippen LogP contribution in [0.5, 0.6) is 0 Å². The monoisotopic (exact) mass is 312 g/mol. The molecule has 0 aliphatic heterocycles. The number of hydrogen-bond donors (Lipinski definition) is 0. The number of carbonyl (C=O) groups excluding carboxylic acids is 1. The summed E-state index contributed by atoms with van der Waals surface area (Å²) in [6, 6.07) is 12.0. The molecule has 1 aromatic heterocycles. The Labute approximate surface area is 135 Å². The van der Waals surface area contributed by atoms with Gasteiger partial charge in [-0.2, -0.15) is 0 Å². The van der Waals surface area contributed by atoms with Gasteiger partial charge in [0.2, 0.25) is 5.91 Å². The summed E-state index contributed by atoms with van der Waals surface area (Å²) in [5.41, 5.74) is 1.52. The maximum atomic E-state index is 13.0. The Kier molecular flexibility index (Phi) is 5.01. The van der Waals surface area contributed by atoms with E-state index in [0.29, 0.717) is 11.5 Å². The molecule has 1 aliphatic carbocycles. The van der Waals surface area contributed by atoms with E-state index >= 15 is 0 Å². The summed E-state index contributed by atoms with van der Waals surface area (Å²) in [6.07, 6.45) is 7.90. The third kappa shape index (κ3) is 4.15. The molecule has 2 aromatic rings. The van der Waals surface area contributed by atoms with Gasteiger partial charge < -0.3 is 0 Å². The first-order valence-electron chi connectivity index (χ1n) is 8.21. The fourth-order valence-electron chi connectivity index (χ4n) is 3.01. The lowest BCUT2D eigenvalue weighted by molar-refractivity contribution is 0.0908. The Hall–Kier alpha value is -2.23. The van der Waals surface area contributed by atoms with Crippen molar-refractivity contribution >= 4 is 5.91 Å². The molecule has 1 fully saturated rings. The van der Waals surface area contributed by atoms with Crippen LogP contribution in [-0.2, 0) is 6.42 Å². The first-order chi connectivity index (χ1) is 11.2. The highest BCUT2D eigenvalue weighted by atomic mass is 19.1. The topological polar surface area (TPSA) is 34.4 Å². The Balaban J connectivity index is 1.82. The summed E-state index contributed by atoms with van der Waals surface area (Å²) in [5.74, 6) is -0.340. The molecular weight excluding hydrogens is 291 g/mol. The average molecular weight is 312 g/mol. The molecule has 4 heteroatoms. The van der Waals surface area contributed by atoms with Crippen molar-refractivity contribution in [2.24, 2.45) is 4.99 Å². The summed E-state index contributed by atoms with van der Waals surface area (Å²) in [5, 5.41) is 0. The summed E-state index contributed by atoms with van der Waals surface area (Å²) >= 11 is 0. The third-order valence-electron chi connectivity index (χ3n) is 4.27. The smallest absolute Gasteiger partial charge is 0.236 e. The summed E-state index contributed by atoms with van der Waals surface area (Å²) in [4.78, 5) is 17.3. The van der Waals surface area contributed by atoms with Crippen LogP contribution in [0.1, 0.15) is 42.5 Å². The molecule has 0 saturated heterocycles. The largest absolute Gasteiger partial charge is 0.274 e. The minimum absolute atomic E-state index is 0.0493. The van der Waals surface area contributed by atoms with Gasteiger partial charge in [-0.25, -0.2) is 4.39 Å². The van der Waals surface area contributed by atoms with E-state index in [9.17, 15) is 9.18 Å². The minimum atomic E-state index is -0.290. The Morgan fingerprint density at radius 3 is 2.57 bits per heavy atom. The fraction of sp³-hybridized carbons (Fsp3) is 0.368. The van der Waals surface area contributed by atoms with E-state index in [-0.39, 0.29) is 18.1 Å². The normalized spacial score (nSPS) is 16.5. The van der Waals surface area contributed by atoms with Crippen molar-refractivity contribution in [2.75, 3.05) is 0 Å². The zero-order valence-electron chi connectivity index (χ0n) is 13.1. The molecule has 23 heavy (non-hydrogen) atoms. The second kappa shape index (κ2) is 7.36. The number of hydrogen-bond acceptors (Lipinski definition) is 2. The van der Waals surface area contributed by atoms with Crippen molar-refractivity contribution in [3.63, 3.8) is 0 Å². The first kappa shape index (κ1) is 15.7. The molecule has 0 N–H and O–H groups in total. The Bertz CT molecular complexity index is 728. The lowest BCUT2D eigenvalue weighted by Gasteiger charge is -2.17. The van der Waals surface area contributed by atoms with Crippen molar-refractivity contribution < 1.29 is 9.18 Å². The average Bonchev–Trinajstić information content (AvgIpc) is 2.58. The zero-order valence-corrected chi connectivity index (χ0v) is 13.1. The Morgan fingerprint density at radius 2 is 1.83 bits per heavy atom. The number of aromatic nitrogens is 1. The number of benzene rings is 1. The molecule has 1 heterocycles. The molecule has 120 valence electrons. The predicted molar refractivity (Wildman–Crippen MR) is 87.6 cm³/mol. The van der Waals surface area contributed by atoms with Crippen LogP contribution in [0.15, 0.2) is 53.7 Å². The van der Waals surface area contributed by atoms with E-state index in [1.54, 1.807) is 22.9 Å². The number of pyridine rings is 1. The van der Waals surface area contributed by atoms with Crippen LogP contribution >= 0.6 is 0 Å². The van der Waals surface area contributed by atoms with Gasteiger partial charge in [0.1, 0.15) is 11.3 Å². The minimum Gasteiger partial charge on any atom is -0.274 e. The van der Waals surface area contributed by atoms with E-state index in [1.165, 1.54) is 31.4 Å². The highest BCUT2D eigenvalue weighted by Crippen LogP contribution is 2.19. The molecule has 0 spiro atoms. The van der Waals surface area contributed by atoms with Gasteiger partial charge >= 0.3 is 0 Å². The summed E-state index contributed by atoms with van der Waals surface area (Å²) in [6.45, 7) is 0. The number of rotatable bonds is 3. The highest BCUT2D eigenvalue weighted by molar-refractivity contribution is 5.81. The summed E-state index contributed by atoms with van der Waals surface area (Å²) in [7, 11) is 0. The van der Waals surface area contributed by atoms with Crippen LogP contribution < -0.4 is 5.49 Å². The maximum Gasteiger partial charge on any atom is 0.236 e. The van der Waals surface area contributed by atoms with E-state index in [2.05, 4.69) is 0 Å². The van der Waals surface area contributed by atoms with Crippen LogP contribution in [0.25, 0.3) is 0 Å². The molecule has 0 amide bonds. The molecule has 3 nitrogen and oxygen atoms in total. The molecule has 1 aromatic carbocycles. The van der Waals surface area contributed by atoms with Gasteiger partial charge in [-0.05, 0) is 42.7 Å². The van der Waals surface area contributed by atoms with Crippen molar-refractivity contribution in [2.45, 2.75) is 44.6 Å². The molecular formula is C19H21FN2O. The second-order valence-electron chi connectivity index (χ2n) is 6.05. The second-order valence-corrected chi connectivity index (χ2v) is 6.05. The fourth-order valence-corrected chi connectivity index (χ4v) is 3.01. The summed E-state index contributed by atoms with van der Waals surface area (Å²) < 4.78 is 14.6. The SMILES string of the molecule is O=C(Cc1ccc(F)cc1)n1ccccc1=NC1CCCCC1. The van der Waals surface area contributed by atoms with Crippen molar-refractivity contribution in [3.05, 3.63) is 65.5 Å². The Morgan fingerprint density at radius 1 is 1.09 bits per heavy atom. The van der Waals surface area contributed by atoms with Gasteiger partial charge in [-0.15, -0.1) is 0 Å². The quantitative estimate of drug-likeness (QED) is 0.850. The predicted octanol–water partition coefficient (Wildman–Crippen LogP) is 3.74. The lowest BCUT2D eigenvalue weighted by atomic mass is 9.96. The molecule has 3 rings (SSSR count). The van der Waals surface area contributed by atoms with Crippen LogP contribution in [0.2, 0.25) is 0 Å². The maximum absolute atomic E-state index is 13.0. The van der Waals surface area contributed by atoms with Gasteiger partial charge in [0, 0.05) is 6.20 Å². The van der Waals surface area contributed by atoms with Crippen molar-refractivity contribution in [1.82, 2.24) is 4.57 Å². The van der Waals surface area contributed by atoms with Crippen molar-refractivity contribution in [1.29, 1.82) is 0 Å². The standard InChI is InChI=1S/C19H21FN2O/c20-16-11-9-15(10-12-16)14-19(23)22-13-5-4-8-18(22)21-17-6-2-1-3-7-17/h4-5,8-13,17H,1-3,6-7,14H2. The first-order valence-corrected chi connectivity index (χ1v) is 8.21. The zero-order chi connectivity index (χ0) is 16.1. The van der Waals surface area contributed by atoms with Gasteiger partial charge in [0.15, 0.2) is 0 Å². The van der Waals surface area contributed by atoms with E-state index in [4.69, 9.17) is 4.99 Å². The highest BCUT2D eigenvalue weighted by Gasteiger charge is 2.13. The molecule has 0 unspecified atom stereocenters. The van der Waals surface area contributed by atoms with Gasteiger partial charge in [0.25, 0.3) is 0 Å². The lowest BCUT2D eigenvalue weighted by Crippen LogP contribution is -2.29. The van der Waals surface area contributed by atoms with Gasteiger partial charge in [0.05, 0.1) is 12.5 Å². The van der Waals surface area contributed by atoms with Gasteiger partial charge in [-0.1, -0.05) is 37.5 Å². The van der Waals surface area contributed by atoms with Crippen LogP contribution in [0.3, 0.4) is 0 Å². The van der Waals surface area contributed by atoms with Crippen molar-refractivity contribution in [3.8, 4) is 0 Å². The van der Waals surface area contributed by atoms with Crippen LogP contribution in [-0.4, -0.2) is 16.5 Å². The number of halogens is 1. The number of carbonyl (C=O) groups is 1. The third-order valence-corrected chi connectivity index (χ3v) is 4.27. The van der Waals surface area contributed by atoms with E-state index < -0.39 is 0 Å². The van der Waals surface area contributed by atoms with Crippen LogP contribution in [0, 0.1) is 5.82 Å². The van der Waals surface area contributed by atoms with E-state index in [1.807, 2.05) is 18.2 Å². The molecule has 1 aliphatic rings. The molecule has 1 saturated carbocycles. The molecule has 0 radical (unpaired) electrons. The van der Waals surface area contributed by atoms with Gasteiger partial charge in [-0.3, -0.25) is 14.4 Å².